The third kappa shape index (κ3) is 5.52. The van der Waals surface area contributed by atoms with Gasteiger partial charge in [0, 0.05) is 12.6 Å². The first-order valence-electron chi connectivity index (χ1n) is 7.53. The van der Waals surface area contributed by atoms with Crippen LogP contribution in [0.25, 0.3) is 0 Å². The van der Waals surface area contributed by atoms with Crippen molar-refractivity contribution in [2.75, 3.05) is 19.3 Å². The summed E-state index contributed by atoms with van der Waals surface area (Å²) in [7, 11) is 2.28. The molecule has 0 aromatic carbocycles. The highest BCUT2D eigenvalue weighted by molar-refractivity contribution is 7.80. The molecule has 0 saturated carbocycles. The van der Waals surface area contributed by atoms with E-state index < -0.39 is 0 Å². The molecule has 0 bridgehead atoms. The van der Waals surface area contributed by atoms with Crippen LogP contribution < -0.4 is 0 Å². The van der Waals surface area contributed by atoms with E-state index in [-0.39, 0.29) is 0 Å². The van der Waals surface area contributed by atoms with Gasteiger partial charge in [-0.15, -0.1) is 0 Å². The van der Waals surface area contributed by atoms with Crippen LogP contribution in [0.2, 0.25) is 0 Å². The van der Waals surface area contributed by atoms with Gasteiger partial charge >= 0.3 is 0 Å². The van der Waals surface area contributed by atoms with Crippen molar-refractivity contribution in [1.29, 1.82) is 0 Å². The average Bonchev–Trinajstić information content (AvgIpc) is 2.27. The Bertz CT molecular complexity index is 214. The molecule has 0 N–H and O–H groups in total. The highest BCUT2D eigenvalue weighted by Gasteiger charge is 2.32. The molecule has 0 amide bonds. The topological polar surface area (TPSA) is 3.24 Å². The maximum Gasteiger partial charge on any atom is 0.0113 e. The van der Waals surface area contributed by atoms with Crippen molar-refractivity contribution in [3.05, 3.63) is 0 Å². The van der Waals surface area contributed by atoms with E-state index in [1.165, 1.54) is 32.2 Å². The predicted octanol–water partition coefficient (Wildman–Crippen LogP) is 4.87. The molecule has 0 heterocycles. The lowest BCUT2D eigenvalue weighted by Gasteiger charge is -2.42. The van der Waals surface area contributed by atoms with Gasteiger partial charge in [-0.05, 0) is 43.4 Å². The molecule has 0 rings (SSSR count). The standard InChI is InChI=1S/C16H35NS/c1-8-10-16(13-18,11-9-2)12-17(7)14(3)15(4,5)6/h14,18H,8-13H2,1-7H3. The highest BCUT2D eigenvalue weighted by Crippen LogP contribution is 2.34. The molecule has 0 aliphatic heterocycles. The van der Waals surface area contributed by atoms with Crippen LogP contribution in [0.5, 0.6) is 0 Å². The van der Waals surface area contributed by atoms with Gasteiger partial charge in [-0.1, -0.05) is 47.5 Å². The summed E-state index contributed by atoms with van der Waals surface area (Å²) in [5.74, 6) is 1.01. The largest absolute Gasteiger partial charge is 0.303 e. The molecular formula is C16H35NS. The Morgan fingerprint density at radius 3 is 1.78 bits per heavy atom. The van der Waals surface area contributed by atoms with E-state index in [0.29, 0.717) is 16.9 Å². The molecule has 0 radical (unpaired) electrons. The molecule has 18 heavy (non-hydrogen) atoms. The first-order chi connectivity index (χ1) is 8.22. The van der Waals surface area contributed by atoms with Crippen molar-refractivity contribution < 1.29 is 0 Å². The molecule has 0 aliphatic rings. The highest BCUT2D eigenvalue weighted by atomic mass is 32.1. The van der Waals surface area contributed by atoms with E-state index in [1.807, 2.05) is 0 Å². The molecule has 0 spiro atoms. The van der Waals surface area contributed by atoms with Crippen molar-refractivity contribution in [1.82, 2.24) is 4.90 Å². The van der Waals surface area contributed by atoms with Crippen molar-refractivity contribution in [2.45, 2.75) is 73.3 Å². The first-order valence-corrected chi connectivity index (χ1v) is 8.16. The van der Waals surface area contributed by atoms with E-state index in [1.54, 1.807) is 0 Å². The van der Waals surface area contributed by atoms with Gasteiger partial charge < -0.3 is 4.90 Å². The maximum absolute atomic E-state index is 4.66. The lowest BCUT2D eigenvalue weighted by molar-refractivity contribution is 0.0839. The Morgan fingerprint density at radius 2 is 1.50 bits per heavy atom. The molecule has 1 nitrogen and oxygen atoms in total. The quantitative estimate of drug-likeness (QED) is 0.618. The van der Waals surface area contributed by atoms with E-state index in [0.717, 1.165) is 5.75 Å². The SMILES string of the molecule is CCCC(CS)(CCC)CN(C)C(C)C(C)(C)C. The van der Waals surface area contributed by atoms with Crippen LogP contribution in [0.1, 0.15) is 67.2 Å². The minimum atomic E-state index is 0.343. The van der Waals surface area contributed by atoms with Gasteiger partial charge in [0.15, 0.2) is 0 Å². The summed E-state index contributed by atoms with van der Waals surface area (Å²) in [6, 6.07) is 0.602. The fourth-order valence-corrected chi connectivity index (χ4v) is 3.30. The van der Waals surface area contributed by atoms with Gasteiger partial charge in [-0.3, -0.25) is 0 Å². The lowest BCUT2D eigenvalue weighted by atomic mass is 9.79. The molecule has 1 unspecified atom stereocenters. The number of thiol groups is 1. The van der Waals surface area contributed by atoms with Gasteiger partial charge in [-0.25, -0.2) is 0 Å². The second-order valence-corrected chi connectivity index (χ2v) is 7.43. The number of rotatable bonds is 8. The molecule has 0 fully saturated rings. The monoisotopic (exact) mass is 273 g/mol. The fraction of sp³-hybridized carbons (Fsp3) is 1.00. The van der Waals surface area contributed by atoms with Crippen LogP contribution in [0, 0.1) is 10.8 Å². The van der Waals surface area contributed by atoms with Gasteiger partial charge in [0.1, 0.15) is 0 Å². The number of hydrogen-bond acceptors (Lipinski definition) is 2. The van der Waals surface area contributed by atoms with Crippen LogP contribution in [0.4, 0.5) is 0 Å². The molecule has 0 aromatic heterocycles. The summed E-state index contributed by atoms with van der Waals surface area (Å²) in [5, 5.41) is 0. The predicted molar refractivity (Wildman–Crippen MR) is 87.6 cm³/mol. The fourth-order valence-electron chi connectivity index (χ4n) is 2.88. The summed E-state index contributed by atoms with van der Waals surface area (Å²) in [6.45, 7) is 15.1. The Hall–Kier alpha value is 0.310. The molecule has 0 saturated heterocycles. The second kappa shape index (κ2) is 7.79. The minimum Gasteiger partial charge on any atom is -0.303 e. The third-order valence-corrected chi connectivity index (χ3v) is 5.07. The first kappa shape index (κ1) is 18.3. The van der Waals surface area contributed by atoms with Crippen LogP contribution in [-0.4, -0.2) is 30.3 Å². The molecule has 0 aliphatic carbocycles. The number of nitrogens with zero attached hydrogens (tertiary/aromatic N) is 1. The van der Waals surface area contributed by atoms with Gasteiger partial charge in [0.25, 0.3) is 0 Å². The van der Waals surface area contributed by atoms with Gasteiger partial charge in [-0.2, -0.15) is 12.6 Å². The van der Waals surface area contributed by atoms with Gasteiger partial charge in [0.2, 0.25) is 0 Å². The smallest absolute Gasteiger partial charge is 0.0113 e. The summed E-state index contributed by atoms with van der Waals surface area (Å²) >= 11 is 4.66. The molecule has 1 atom stereocenters. The Kier molecular flexibility index (Phi) is 7.93. The zero-order valence-corrected chi connectivity index (χ0v) is 14.6. The average molecular weight is 274 g/mol. The van der Waals surface area contributed by atoms with E-state index in [2.05, 4.69) is 66.1 Å². The van der Waals surface area contributed by atoms with E-state index in [9.17, 15) is 0 Å². The Labute approximate surface area is 121 Å². The molecule has 110 valence electrons. The third-order valence-electron chi connectivity index (χ3n) is 4.40. The second-order valence-electron chi connectivity index (χ2n) is 7.12. The molecule has 0 aromatic rings. The summed E-state index contributed by atoms with van der Waals surface area (Å²) in [6.07, 6.45) is 5.12. The van der Waals surface area contributed by atoms with Crippen LogP contribution >= 0.6 is 12.6 Å². The Balaban J connectivity index is 4.75. The minimum absolute atomic E-state index is 0.343. The maximum atomic E-state index is 4.66. The zero-order valence-electron chi connectivity index (χ0n) is 13.7. The van der Waals surface area contributed by atoms with Crippen LogP contribution in [-0.2, 0) is 0 Å². The van der Waals surface area contributed by atoms with Crippen LogP contribution in [0.15, 0.2) is 0 Å². The summed E-state index contributed by atoms with van der Waals surface area (Å²) in [4.78, 5) is 2.54. The summed E-state index contributed by atoms with van der Waals surface area (Å²) in [5.41, 5.74) is 0.746. The van der Waals surface area contributed by atoms with Crippen LogP contribution in [0.3, 0.4) is 0 Å². The molecular weight excluding hydrogens is 238 g/mol. The van der Waals surface area contributed by atoms with Crippen molar-refractivity contribution in [2.24, 2.45) is 10.8 Å². The molecule has 2 heteroatoms. The van der Waals surface area contributed by atoms with Gasteiger partial charge in [0.05, 0.1) is 0 Å². The summed E-state index contributed by atoms with van der Waals surface area (Å²) < 4.78 is 0. The van der Waals surface area contributed by atoms with Crippen molar-refractivity contribution in [3.63, 3.8) is 0 Å². The van der Waals surface area contributed by atoms with Crippen molar-refractivity contribution >= 4 is 12.6 Å². The number of hydrogen-bond donors (Lipinski definition) is 1. The van der Waals surface area contributed by atoms with E-state index in [4.69, 9.17) is 0 Å². The van der Waals surface area contributed by atoms with Crippen molar-refractivity contribution in [3.8, 4) is 0 Å². The Morgan fingerprint density at radius 1 is 1.06 bits per heavy atom. The normalized spacial score (nSPS) is 15.2. The van der Waals surface area contributed by atoms with E-state index >= 15 is 0 Å². The lowest BCUT2D eigenvalue weighted by Crippen LogP contribution is -2.46. The zero-order chi connectivity index (χ0) is 14.4.